The van der Waals surface area contributed by atoms with Crippen LogP contribution in [-0.2, 0) is 0 Å². The molecule has 16 saturated carbocycles. The lowest BCUT2D eigenvalue weighted by molar-refractivity contribution is -0.107. The van der Waals surface area contributed by atoms with Crippen LogP contribution in [0.1, 0.15) is 298 Å². The highest BCUT2D eigenvalue weighted by atomic mass is 14.6. The molecule has 0 nitrogen and oxygen atoms in total. The SMILES string of the molecule is [2H]C(C)(C)C1C2CC1C2.[2H]C(C)(C)C1CC2CC1C2.[2H]C(C)(C)C1CCCC1.[2H]C(C)(C)C1CCCCC1.[2H]C(C)(C)C1CCCCCC1.[2H]C(C)C1C2CC3CC(C2)CC1C3.[2H]C(C)C1CC2CCC1CC2. The first kappa shape index (κ1) is 45.8. The summed E-state index contributed by atoms with van der Waals surface area (Å²) in [5, 5.41) is 0. The summed E-state index contributed by atoms with van der Waals surface area (Å²) in [6.45, 7) is 24.7. The van der Waals surface area contributed by atoms with Crippen molar-refractivity contribution in [1.29, 1.82) is 0 Å². The van der Waals surface area contributed by atoms with Crippen molar-refractivity contribution in [3.63, 3.8) is 0 Å². The number of rotatable bonds is 7. The van der Waals surface area contributed by atoms with Crippen LogP contribution >= 0.6 is 0 Å². The Kier molecular flexibility index (Phi) is 19.3. The Labute approximate surface area is 426 Å². The summed E-state index contributed by atoms with van der Waals surface area (Å²) in [6.07, 6.45) is 42.1. The Balaban J connectivity index is 0.000000139. The first-order valence-electron chi connectivity index (χ1n) is 34.0. The summed E-state index contributed by atoms with van der Waals surface area (Å²) in [5.74, 6) is 14.0. The summed E-state index contributed by atoms with van der Waals surface area (Å²) in [6, 6.07) is 0. The molecule has 0 spiro atoms. The summed E-state index contributed by atoms with van der Waals surface area (Å²) in [5.41, 5.74) is 0. The Morgan fingerprint density at radius 3 is 0.970 bits per heavy atom. The molecule has 16 rings (SSSR count). The number of hydrogen-bond acceptors (Lipinski definition) is 0. The first-order valence-corrected chi connectivity index (χ1v) is 30.3. The van der Waals surface area contributed by atoms with E-state index in [9.17, 15) is 0 Å². The lowest BCUT2D eigenvalue weighted by atomic mass is 9.45. The molecular formula is C66H122. The quantitative estimate of drug-likeness (QED) is 0.223. The van der Waals surface area contributed by atoms with E-state index < -0.39 is 0 Å². The third-order valence-electron chi connectivity index (χ3n) is 21.5. The second kappa shape index (κ2) is 27.7. The van der Waals surface area contributed by atoms with Gasteiger partial charge in [-0.1, -0.05) is 205 Å². The second-order valence-corrected chi connectivity index (χ2v) is 27.2. The molecule has 0 saturated heterocycles. The molecule has 386 valence electrons. The summed E-state index contributed by atoms with van der Waals surface area (Å²) >= 11 is 0. The van der Waals surface area contributed by atoms with Gasteiger partial charge in [0, 0.05) is 9.60 Å². The smallest absolute Gasteiger partial charge is 0.0300 e. The van der Waals surface area contributed by atoms with Crippen molar-refractivity contribution in [3.8, 4) is 0 Å². The van der Waals surface area contributed by atoms with E-state index in [0.717, 1.165) is 82.9 Å². The molecule has 4 atom stereocenters. The standard InChI is InChI=1S/C12H20.C10H18.C10H20.C9H16.C9H18.C8H14.C8H16/c1-2-12-10-4-8-3-9(6-10)7-11(12)5-8;1-2-9-7-8-3-5-10(9)6-4-8;1-9(2)10-7-5-3-4-6-8-10;1-6(2)9-5-7-3-8(9)4-7;1-8(2)9-6-4-3-5-7-9;1-5(2)8-6-3-7(8)4-6;1-7(2)8-5-3-4-6-8/h8-12H,2-7H2,1H3;8-10H,2-7H2,1H3;9-10H,3-8H2,1-2H3;6-9H,3-5H2,1-2H3;8-9H,3-7H2,1-2H3;5-8H,3-4H2,1-2H3;7-8H,3-6H2,1-2H3/i2*2D;9D;6D;8D;5D;7D. The van der Waals surface area contributed by atoms with E-state index >= 15 is 0 Å². The van der Waals surface area contributed by atoms with Gasteiger partial charge in [-0.15, -0.1) is 0 Å². The normalized spacial score (nSPS) is 42.5. The van der Waals surface area contributed by atoms with Crippen molar-refractivity contribution in [1.82, 2.24) is 0 Å². The maximum absolute atomic E-state index is 7.95. The van der Waals surface area contributed by atoms with Crippen molar-refractivity contribution in [3.05, 3.63) is 0 Å². The summed E-state index contributed by atoms with van der Waals surface area (Å²) in [7, 11) is 0. The molecule has 66 heavy (non-hydrogen) atoms. The fourth-order valence-electron chi connectivity index (χ4n) is 17.2. The zero-order valence-corrected chi connectivity index (χ0v) is 46.7. The fourth-order valence-corrected chi connectivity index (χ4v) is 17.2. The van der Waals surface area contributed by atoms with Gasteiger partial charge in [0.2, 0.25) is 0 Å². The van der Waals surface area contributed by atoms with Gasteiger partial charge in [-0.2, -0.15) is 0 Å². The molecule has 0 heteroatoms. The van der Waals surface area contributed by atoms with Gasteiger partial charge in [0.1, 0.15) is 0 Å². The topological polar surface area (TPSA) is 0 Å². The van der Waals surface area contributed by atoms with Crippen LogP contribution in [0.5, 0.6) is 0 Å². The van der Waals surface area contributed by atoms with E-state index in [2.05, 4.69) is 55.4 Å². The van der Waals surface area contributed by atoms with E-state index in [-0.39, 0.29) is 42.3 Å². The Hall–Kier alpha value is 0. The van der Waals surface area contributed by atoms with Gasteiger partial charge >= 0.3 is 0 Å². The van der Waals surface area contributed by atoms with Crippen LogP contribution in [-0.4, -0.2) is 0 Å². The monoisotopic (exact) mass is 922 g/mol. The molecule has 0 aromatic carbocycles. The van der Waals surface area contributed by atoms with Crippen LogP contribution < -0.4 is 0 Å². The Bertz CT molecular complexity index is 1500. The van der Waals surface area contributed by atoms with E-state index in [1.54, 1.807) is 0 Å². The van der Waals surface area contributed by atoms with E-state index in [4.69, 9.17) is 9.60 Å². The van der Waals surface area contributed by atoms with Crippen molar-refractivity contribution in [2.75, 3.05) is 0 Å². The average molecular weight is 923 g/mol. The first-order chi connectivity index (χ1) is 34.0. The Morgan fingerprint density at radius 1 is 0.333 bits per heavy atom. The van der Waals surface area contributed by atoms with Crippen LogP contribution in [0.4, 0.5) is 0 Å². The molecule has 0 aromatic heterocycles. The summed E-state index contributed by atoms with van der Waals surface area (Å²) < 4.78 is 54.8. The Morgan fingerprint density at radius 2 is 0.727 bits per heavy atom. The van der Waals surface area contributed by atoms with Crippen molar-refractivity contribution in [2.24, 2.45) is 130 Å². The molecular weight excluding hydrogens is 793 g/mol. The molecule has 0 heterocycles. The van der Waals surface area contributed by atoms with Gasteiger partial charge in [-0.3, -0.25) is 0 Å². The lowest BCUT2D eigenvalue weighted by Gasteiger charge is -2.60. The number of fused-ring (bicyclic) bond motifs is 4. The van der Waals surface area contributed by atoms with Crippen molar-refractivity contribution in [2.45, 2.75) is 289 Å². The third kappa shape index (κ3) is 16.0. The van der Waals surface area contributed by atoms with Crippen LogP contribution in [0.2, 0.25) is 0 Å². The molecule has 10 bridgehead atoms. The van der Waals surface area contributed by atoms with E-state index in [1.807, 2.05) is 27.7 Å². The van der Waals surface area contributed by atoms with Gasteiger partial charge in [-0.05, 0) is 214 Å². The average Bonchev–Trinajstić information content (AvgIpc) is 4.00. The molecule has 0 aliphatic heterocycles. The summed E-state index contributed by atoms with van der Waals surface area (Å²) in [4.78, 5) is 0. The van der Waals surface area contributed by atoms with Gasteiger partial charge in [0.25, 0.3) is 0 Å². The van der Waals surface area contributed by atoms with Crippen LogP contribution in [0.15, 0.2) is 0 Å². The zero-order chi connectivity index (χ0) is 53.7. The highest BCUT2D eigenvalue weighted by Gasteiger charge is 2.53. The van der Waals surface area contributed by atoms with Crippen LogP contribution in [0.3, 0.4) is 0 Å². The molecule has 16 fully saturated rings. The minimum absolute atomic E-state index is 0.133. The predicted molar refractivity (Wildman–Crippen MR) is 293 cm³/mol. The molecule has 16 aliphatic rings. The highest BCUT2D eigenvalue weighted by molar-refractivity contribution is 5.02. The third-order valence-corrected chi connectivity index (χ3v) is 21.5. The number of hydrogen-bond donors (Lipinski definition) is 0. The predicted octanol–water partition coefficient (Wildman–Crippen LogP) is 21.3. The maximum atomic E-state index is 7.95. The zero-order valence-electron chi connectivity index (χ0n) is 53.7. The highest BCUT2D eigenvalue weighted by Crippen LogP contribution is 2.61. The lowest BCUT2D eigenvalue weighted by Crippen LogP contribution is -2.52. The van der Waals surface area contributed by atoms with E-state index in [1.165, 1.54) is 193 Å². The van der Waals surface area contributed by atoms with Gasteiger partial charge < -0.3 is 0 Å². The largest absolute Gasteiger partial charge is 0.0651 e. The van der Waals surface area contributed by atoms with Gasteiger partial charge in [0.15, 0.2) is 0 Å². The van der Waals surface area contributed by atoms with Crippen LogP contribution in [0.25, 0.3) is 0 Å². The molecule has 0 amide bonds. The minimum Gasteiger partial charge on any atom is -0.0651 e. The molecule has 16 aliphatic carbocycles. The maximum Gasteiger partial charge on any atom is 0.0300 e. The molecule has 4 unspecified atom stereocenters. The molecule has 0 radical (unpaired) electrons. The van der Waals surface area contributed by atoms with Crippen molar-refractivity contribution < 1.29 is 9.60 Å². The van der Waals surface area contributed by atoms with Crippen LogP contribution in [0, 0.1) is 130 Å². The van der Waals surface area contributed by atoms with E-state index in [0.29, 0.717) is 17.8 Å². The molecule has 0 N–H and O–H groups in total. The van der Waals surface area contributed by atoms with Crippen molar-refractivity contribution >= 4 is 0 Å². The molecule has 0 aromatic rings. The van der Waals surface area contributed by atoms with Gasteiger partial charge in [0.05, 0.1) is 0 Å². The second-order valence-electron chi connectivity index (χ2n) is 27.2. The van der Waals surface area contributed by atoms with Gasteiger partial charge in [-0.25, -0.2) is 0 Å². The fraction of sp³-hybridized carbons (Fsp3) is 1.00. The minimum atomic E-state index is -0.190.